The maximum atomic E-state index is 12.4. The summed E-state index contributed by atoms with van der Waals surface area (Å²) < 4.78 is 0.785. The fraction of sp³-hybridized carbons (Fsp3) is 0.278. The van der Waals surface area contributed by atoms with Crippen LogP contribution in [0.25, 0.3) is 0 Å². The molecule has 3 rings (SSSR count). The molecule has 2 aromatic rings. The number of carbonyl (C=O) groups is 1. The van der Waals surface area contributed by atoms with Gasteiger partial charge in [-0.1, -0.05) is 57.9 Å². The summed E-state index contributed by atoms with van der Waals surface area (Å²) in [6.07, 6.45) is 1.94. The molecule has 2 N–H and O–H groups in total. The third kappa shape index (κ3) is 3.60. The molecule has 1 saturated carbocycles. The van der Waals surface area contributed by atoms with Gasteiger partial charge in [0.15, 0.2) is 0 Å². The SMILES string of the molecule is O=C(NC[C@](O)(c1ccccc1)C1CC1)c1cc(Br)ccc1Cl. The smallest absolute Gasteiger partial charge is 0.252 e. The highest BCUT2D eigenvalue weighted by Crippen LogP contribution is 2.45. The van der Waals surface area contributed by atoms with Crippen LogP contribution in [0.1, 0.15) is 28.8 Å². The Labute approximate surface area is 148 Å². The van der Waals surface area contributed by atoms with Crippen molar-refractivity contribution >= 4 is 33.4 Å². The van der Waals surface area contributed by atoms with Crippen molar-refractivity contribution in [3.63, 3.8) is 0 Å². The number of hydrogen-bond acceptors (Lipinski definition) is 2. The van der Waals surface area contributed by atoms with Crippen molar-refractivity contribution in [1.82, 2.24) is 5.32 Å². The number of benzene rings is 2. The lowest BCUT2D eigenvalue weighted by Crippen LogP contribution is -2.42. The molecule has 0 heterocycles. The molecule has 1 amide bonds. The molecular formula is C18H17BrClNO2. The van der Waals surface area contributed by atoms with Gasteiger partial charge in [0, 0.05) is 4.47 Å². The van der Waals surface area contributed by atoms with E-state index in [1.807, 2.05) is 30.3 Å². The Morgan fingerprint density at radius 3 is 2.61 bits per heavy atom. The van der Waals surface area contributed by atoms with Crippen LogP contribution >= 0.6 is 27.5 Å². The van der Waals surface area contributed by atoms with Gasteiger partial charge in [-0.2, -0.15) is 0 Å². The summed E-state index contributed by atoms with van der Waals surface area (Å²) in [6.45, 7) is 0.170. The van der Waals surface area contributed by atoms with E-state index < -0.39 is 5.60 Å². The first-order chi connectivity index (χ1) is 11.0. The summed E-state index contributed by atoms with van der Waals surface area (Å²) in [4.78, 5) is 12.4. The number of carbonyl (C=O) groups excluding carboxylic acids is 1. The molecule has 120 valence electrons. The Morgan fingerprint density at radius 2 is 1.96 bits per heavy atom. The highest BCUT2D eigenvalue weighted by Gasteiger charge is 2.45. The first-order valence-electron chi connectivity index (χ1n) is 7.52. The van der Waals surface area contributed by atoms with Crippen LogP contribution in [-0.2, 0) is 5.60 Å². The maximum absolute atomic E-state index is 12.4. The second kappa shape index (κ2) is 6.63. The Kier molecular flexibility index (Phi) is 4.76. The van der Waals surface area contributed by atoms with Crippen LogP contribution in [0.4, 0.5) is 0 Å². The first-order valence-corrected chi connectivity index (χ1v) is 8.69. The molecule has 0 aliphatic heterocycles. The molecule has 0 bridgehead atoms. The Morgan fingerprint density at radius 1 is 1.26 bits per heavy atom. The number of rotatable bonds is 5. The molecule has 0 aromatic heterocycles. The molecule has 1 atom stereocenters. The van der Waals surface area contributed by atoms with Crippen molar-refractivity contribution < 1.29 is 9.90 Å². The van der Waals surface area contributed by atoms with Crippen molar-refractivity contribution in [2.24, 2.45) is 5.92 Å². The van der Waals surface area contributed by atoms with E-state index in [1.165, 1.54) is 0 Å². The monoisotopic (exact) mass is 393 g/mol. The molecule has 1 aliphatic rings. The van der Waals surface area contributed by atoms with Gasteiger partial charge in [0.05, 0.1) is 17.1 Å². The molecule has 1 aliphatic carbocycles. The number of aliphatic hydroxyl groups is 1. The quantitative estimate of drug-likeness (QED) is 0.801. The van der Waals surface area contributed by atoms with Gasteiger partial charge in [-0.3, -0.25) is 4.79 Å². The molecule has 0 radical (unpaired) electrons. The number of amides is 1. The zero-order valence-corrected chi connectivity index (χ0v) is 14.8. The fourth-order valence-corrected chi connectivity index (χ4v) is 3.32. The van der Waals surface area contributed by atoms with Crippen LogP contribution in [0, 0.1) is 5.92 Å². The van der Waals surface area contributed by atoms with Crippen molar-refractivity contribution in [2.45, 2.75) is 18.4 Å². The van der Waals surface area contributed by atoms with Crippen LogP contribution in [0.15, 0.2) is 53.0 Å². The van der Waals surface area contributed by atoms with Gasteiger partial charge < -0.3 is 10.4 Å². The fourth-order valence-electron chi connectivity index (χ4n) is 2.75. The number of nitrogens with one attached hydrogen (secondary N) is 1. The summed E-state index contributed by atoms with van der Waals surface area (Å²) in [5.74, 6) is -0.102. The van der Waals surface area contributed by atoms with E-state index in [1.54, 1.807) is 18.2 Å². The topological polar surface area (TPSA) is 49.3 Å². The van der Waals surface area contributed by atoms with Crippen LogP contribution in [0.3, 0.4) is 0 Å². The third-order valence-corrected chi connectivity index (χ3v) is 5.04. The average molecular weight is 395 g/mol. The lowest BCUT2D eigenvalue weighted by molar-refractivity contribution is 0.0135. The molecule has 3 nitrogen and oxygen atoms in total. The van der Waals surface area contributed by atoms with Crippen LogP contribution < -0.4 is 5.32 Å². The lowest BCUT2D eigenvalue weighted by Gasteiger charge is -2.29. The number of halogens is 2. The molecule has 1 fully saturated rings. The van der Waals surface area contributed by atoms with Crippen LogP contribution in [-0.4, -0.2) is 17.6 Å². The Balaban J connectivity index is 1.77. The maximum Gasteiger partial charge on any atom is 0.252 e. The normalized spacial score (nSPS) is 16.7. The molecule has 0 saturated heterocycles. The molecule has 0 spiro atoms. The van der Waals surface area contributed by atoms with Gasteiger partial charge in [-0.15, -0.1) is 0 Å². The Hall–Kier alpha value is -1.36. The van der Waals surface area contributed by atoms with Crippen molar-refractivity contribution in [1.29, 1.82) is 0 Å². The van der Waals surface area contributed by atoms with Crippen molar-refractivity contribution in [3.05, 3.63) is 69.2 Å². The molecule has 5 heteroatoms. The van der Waals surface area contributed by atoms with Crippen molar-refractivity contribution in [2.75, 3.05) is 6.54 Å². The predicted octanol–water partition coefficient (Wildman–Crippen LogP) is 4.13. The Bertz CT molecular complexity index is 718. The first kappa shape index (κ1) is 16.5. The minimum absolute atomic E-state index is 0.170. The summed E-state index contributed by atoms with van der Waals surface area (Å²) in [6, 6.07) is 14.6. The molecule has 2 aromatic carbocycles. The van der Waals surface area contributed by atoms with Gasteiger partial charge in [0.25, 0.3) is 5.91 Å². The largest absolute Gasteiger partial charge is 0.383 e. The summed E-state index contributed by atoms with van der Waals surface area (Å²) in [7, 11) is 0. The second-order valence-corrected chi connectivity index (χ2v) is 7.19. The zero-order valence-electron chi connectivity index (χ0n) is 12.4. The van der Waals surface area contributed by atoms with E-state index in [2.05, 4.69) is 21.2 Å². The predicted molar refractivity (Wildman–Crippen MR) is 94.5 cm³/mol. The van der Waals surface area contributed by atoms with Gasteiger partial charge in [-0.05, 0) is 42.5 Å². The van der Waals surface area contributed by atoms with Gasteiger partial charge in [-0.25, -0.2) is 0 Å². The van der Waals surface area contributed by atoms with Gasteiger partial charge in [0.2, 0.25) is 0 Å². The van der Waals surface area contributed by atoms with Gasteiger partial charge >= 0.3 is 0 Å². The van der Waals surface area contributed by atoms with Crippen LogP contribution in [0.5, 0.6) is 0 Å². The van der Waals surface area contributed by atoms with Crippen LogP contribution in [0.2, 0.25) is 5.02 Å². The molecule has 23 heavy (non-hydrogen) atoms. The van der Waals surface area contributed by atoms with E-state index in [4.69, 9.17) is 11.6 Å². The summed E-state index contributed by atoms with van der Waals surface area (Å²) in [5.41, 5.74) is 0.200. The third-order valence-electron chi connectivity index (χ3n) is 4.22. The molecule has 0 unspecified atom stereocenters. The zero-order chi connectivity index (χ0) is 16.4. The van der Waals surface area contributed by atoms with E-state index in [9.17, 15) is 9.90 Å². The second-order valence-electron chi connectivity index (χ2n) is 5.87. The standard InChI is InChI=1S/C18H17BrClNO2/c19-14-8-9-16(20)15(10-14)17(22)21-11-18(23,13-6-7-13)12-4-2-1-3-5-12/h1-5,8-10,13,23H,6-7,11H2,(H,21,22)/t18-/m0/s1. The van der Waals surface area contributed by atoms with E-state index in [0.29, 0.717) is 10.6 Å². The summed E-state index contributed by atoms with van der Waals surface area (Å²) in [5, 5.41) is 14.3. The minimum atomic E-state index is -1.03. The highest BCUT2D eigenvalue weighted by atomic mass is 79.9. The van der Waals surface area contributed by atoms with E-state index in [0.717, 1.165) is 22.9 Å². The van der Waals surface area contributed by atoms with E-state index in [-0.39, 0.29) is 18.4 Å². The summed E-state index contributed by atoms with van der Waals surface area (Å²) >= 11 is 9.43. The average Bonchev–Trinajstić information content (AvgIpc) is 3.41. The van der Waals surface area contributed by atoms with Gasteiger partial charge in [0.1, 0.15) is 5.60 Å². The minimum Gasteiger partial charge on any atom is -0.383 e. The molecular weight excluding hydrogens is 378 g/mol. The highest BCUT2D eigenvalue weighted by molar-refractivity contribution is 9.10. The van der Waals surface area contributed by atoms with E-state index >= 15 is 0 Å². The van der Waals surface area contributed by atoms with Crippen molar-refractivity contribution in [3.8, 4) is 0 Å². The number of hydrogen-bond donors (Lipinski definition) is 2. The lowest BCUT2D eigenvalue weighted by atomic mass is 9.88.